The van der Waals surface area contributed by atoms with E-state index >= 15 is 0 Å². The molecule has 0 aliphatic carbocycles. The maximum absolute atomic E-state index is 12.9. The average molecular weight is 469 g/mol. The summed E-state index contributed by atoms with van der Waals surface area (Å²) in [7, 11) is 3.29. The number of benzene rings is 2. The van der Waals surface area contributed by atoms with Gasteiger partial charge in [0, 0.05) is 44.1 Å². The van der Waals surface area contributed by atoms with E-state index in [2.05, 4.69) is 0 Å². The Hall–Kier alpha value is -3.46. The zero-order chi connectivity index (χ0) is 23.7. The second-order valence-corrected chi connectivity index (χ2v) is 8.64. The highest BCUT2D eigenvalue weighted by atomic mass is 16.7. The van der Waals surface area contributed by atoms with Crippen LogP contribution in [0.5, 0.6) is 23.0 Å². The molecule has 3 aliphatic heterocycles. The summed E-state index contributed by atoms with van der Waals surface area (Å²) in [5.41, 5.74) is 1.66. The molecule has 0 saturated carbocycles. The Morgan fingerprint density at radius 3 is 2.79 bits per heavy atom. The summed E-state index contributed by atoms with van der Waals surface area (Å²) in [6, 6.07) is 11.1. The van der Waals surface area contributed by atoms with Gasteiger partial charge in [-0.2, -0.15) is 0 Å². The van der Waals surface area contributed by atoms with Crippen LogP contribution in [0.3, 0.4) is 0 Å². The predicted molar refractivity (Wildman–Crippen MR) is 123 cm³/mol. The summed E-state index contributed by atoms with van der Waals surface area (Å²) in [5, 5.41) is 0. The fourth-order valence-electron chi connectivity index (χ4n) is 4.48. The molecule has 0 bridgehead atoms. The van der Waals surface area contributed by atoms with Gasteiger partial charge in [0.05, 0.1) is 13.7 Å². The molecule has 34 heavy (non-hydrogen) atoms. The Kier molecular flexibility index (Phi) is 6.19. The van der Waals surface area contributed by atoms with Crippen molar-refractivity contribution in [2.24, 2.45) is 0 Å². The number of hydrogen-bond donors (Lipinski definition) is 0. The molecule has 9 nitrogen and oxygen atoms in total. The van der Waals surface area contributed by atoms with E-state index in [4.69, 9.17) is 23.7 Å². The molecule has 2 aromatic rings. The lowest BCUT2D eigenvalue weighted by Gasteiger charge is -2.22. The van der Waals surface area contributed by atoms with Gasteiger partial charge in [-0.15, -0.1) is 0 Å². The molecule has 1 unspecified atom stereocenters. The van der Waals surface area contributed by atoms with Crippen molar-refractivity contribution in [2.75, 3.05) is 45.5 Å². The second kappa shape index (κ2) is 9.42. The largest absolute Gasteiger partial charge is 0.493 e. The van der Waals surface area contributed by atoms with Crippen molar-refractivity contribution >= 4 is 17.5 Å². The van der Waals surface area contributed by atoms with Crippen LogP contribution in [-0.4, -0.2) is 63.7 Å². The molecule has 0 aromatic heterocycles. The van der Waals surface area contributed by atoms with Gasteiger partial charge in [-0.3, -0.25) is 9.59 Å². The van der Waals surface area contributed by atoms with E-state index in [9.17, 15) is 9.59 Å². The van der Waals surface area contributed by atoms with E-state index in [-0.39, 0.29) is 37.4 Å². The molecule has 2 atom stereocenters. The fourth-order valence-corrected chi connectivity index (χ4v) is 4.48. The number of nitrogens with zero attached hydrogens (tertiary/aromatic N) is 2. The number of hydrogen-bond acceptors (Lipinski definition) is 7. The Balaban J connectivity index is 1.25. The zero-order valence-electron chi connectivity index (χ0n) is 19.3. The van der Waals surface area contributed by atoms with Crippen LogP contribution in [0.25, 0.3) is 0 Å². The maximum atomic E-state index is 12.9. The standard InChI is InChI=1S/C25H28N2O7/c1-26(18-6-8-20-21(12-18)33-15-32-20)24(29)14-27-13-17(11-23(27)28)16-5-7-19(30-2)22(10-16)34-25-4-3-9-31-25/h5-8,10,12,17,25H,3-4,9,11,13-15H2,1-2H3/t17-,25?/m1/s1. The molecule has 0 radical (unpaired) electrons. The second-order valence-electron chi connectivity index (χ2n) is 8.64. The summed E-state index contributed by atoms with van der Waals surface area (Å²) in [6.45, 7) is 1.33. The third-order valence-electron chi connectivity index (χ3n) is 6.46. The highest BCUT2D eigenvalue weighted by Crippen LogP contribution is 2.37. The van der Waals surface area contributed by atoms with Crippen LogP contribution >= 0.6 is 0 Å². The minimum Gasteiger partial charge on any atom is -0.493 e. The molecule has 0 spiro atoms. The lowest BCUT2D eigenvalue weighted by molar-refractivity contribution is -0.132. The fraction of sp³-hybridized carbons (Fsp3) is 0.440. The zero-order valence-corrected chi connectivity index (χ0v) is 19.3. The monoisotopic (exact) mass is 468 g/mol. The molecule has 3 aliphatic rings. The molecule has 2 fully saturated rings. The number of rotatable bonds is 7. The van der Waals surface area contributed by atoms with Crippen LogP contribution in [0.15, 0.2) is 36.4 Å². The van der Waals surface area contributed by atoms with E-state index in [1.54, 1.807) is 37.3 Å². The smallest absolute Gasteiger partial charge is 0.246 e. The number of anilines is 1. The SMILES string of the molecule is COc1ccc([C@@H]2CC(=O)N(CC(=O)N(C)c3ccc4c(c3)OCO4)C2)cc1OC1CCCO1. The van der Waals surface area contributed by atoms with Gasteiger partial charge in [-0.05, 0) is 36.2 Å². The summed E-state index contributed by atoms with van der Waals surface area (Å²) < 4.78 is 27.8. The Labute approximate surface area is 198 Å². The maximum Gasteiger partial charge on any atom is 0.246 e. The quantitative estimate of drug-likeness (QED) is 0.618. The van der Waals surface area contributed by atoms with Gasteiger partial charge in [-0.25, -0.2) is 0 Å². The van der Waals surface area contributed by atoms with E-state index < -0.39 is 0 Å². The predicted octanol–water partition coefficient (Wildman–Crippen LogP) is 2.92. The van der Waals surface area contributed by atoms with E-state index in [0.29, 0.717) is 48.3 Å². The number of amides is 2. The van der Waals surface area contributed by atoms with Gasteiger partial charge < -0.3 is 33.5 Å². The first kappa shape index (κ1) is 22.3. The molecule has 2 amide bonds. The van der Waals surface area contributed by atoms with Crippen molar-refractivity contribution in [3.05, 3.63) is 42.0 Å². The highest BCUT2D eigenvalue weighted by Gasteiger charge is 2.33. The third-order valence-corrected chi connectivity index (χ3v) is 6.46. The first-order valence-electron chi connectivity index (χ1n) is 11.4. The molecular formula is C25H28N2O7. The minimum absolute atomic E-state index is 0.00962. The summed E-state index contributed by atoms with van der Waals surface area (Å²) in [6.07, 6.45) is 1.86. The highest BCUT2D eigenvalue weighted by molar-refractivity contribution is 5.97. The first-order valence-corrected chi connectivity index (χ1v) is 11.4. The molecule has 2 aromatic carbocycles. The van der Waals surface area contributed by atoms with Gasteiger partial charge >= 0.3 is 0 Å². The summed E-state index contributed by atoms with van der Waals surface area (Å²) in [5.74, 6) is 2.24. The molecule has 0 N–H and O–H groups in total. The topological polar surface area (TPSA) is 86.8 Å². The number of fused-ring (bicyclic) bond motifs is 1. The van der Waals surface area contributed by atoms with Gasteiger partial charge in [-0.1, -0.05) is 6.07 Å². The number of likely N-dealkylation sites (N-methyl/N-ethyl adjacent to an activating group) is 1. The molecule has 2 saturated heterocycles. The van der Waals surface area contributed by atoms with Crippen molar-refractivity contribution in [3.8, 4) is 23.0 Å². The van der Waals surface area contributed by atoms with Crippen LogP contribution in [0.2, 0.25) is 0 Å². The van der Waals surface area contributed by atoms with Crippen LogP contribution in [-0.2, 0) is 14.3 Å². The Morgan fingerprint density at radius 1 is 1.15 bits per heavy atom. The molecule has 9 heteroatoms. The minimum atomic E-state index is -0.282. The molecule has 3 heterocycles. The van der Waals surface area contributed by atoms with Gasteiger partial charge in [0.1, 0.15) is 6.54 Å². The molecule has 180 valence electrons. The average Bonchev–Trinajstić information content (AvgIpc) is 3.60. The van der Waals surface area contributed by atoms with Gasteiger partial charge in [0.25, 0.3) is 0 Å². The number of ether oxygens (including phenoxy) is 5. The van der Waals surface area contributed by atoms with Crippen LogP contribution in [0, 0.1) is 0 Å². The number of likely N-dealkylation sites (tertiary alicyclic amines) is 1. The number of carbonyl (C=O) groups is 2. The first-order chi connectivity index (χ1) is 16.5. The van der Waals surface area contributed by atoms with Gasteiger partial charge in [0.2, 0.25) is 18.6 Å². The van der Waals surface area contributed by atoms with Crippen LogP contribution in [0.1, 0.15) is 30.7 Å². The summed E-state index contributed by atoms with van der Waals surface area (Å²) in [4.78, 5) is 28.8. The molecule has 5 rings (SSSR count). The van der Waals surface area contributed by atoms with Gasteiger partial charge in [0.15, 0.2) is 29.3 Å². The van der Waals surface area contributed by atoms with Crippen molar-refractivity contribution < 1.29 is 33.3 Å². The van der Waals surface area contributed by atoms with E-state index in [0.717, 1.165) is 18.4 Å². The number of carbonyl (C=O) groups excluding carboxylic acids is 2. The van der Waals surface area contributed by atoms with Crippen molar-refractivity contribution in [1.29, 1.82) is 0 Å². The number of methoxy groups -OCH3 is 1. The Bertz CT molecular complexity index is 1080. The normalized spacial score (nSPS) is 21.1. The summed E-state index contributed by atoms with van der Waals surface area (Å²) >= 11 is 0. The van der Waals surface area contributed by atoms with E-state index in [1.165, 1.54) is 4.90 Å². The van der Waals surface area contributed by atoms with Crippen LogP contribution in [0.4, 0.5) is 5.69 Å². The lowest BCUT2D eigenvalue weighted by Crippen LogP contribution is -2.39. The van der Waals surface area contributed by atoms with Crippen LogP contribution < -0.4 is 23.8 Å². The van der Waals surface area contributed by atoms with Crippen molar-refractivity contribution in [2.45, 2.75) is 31.5 Å². The van der Waals surface area contributed by atoms with Crippen molar-refractivity contribution in [1.82, 2.24) is 4.90 Å². The lowest BCUT2D eigenvalue weighted by atomic mass is 9.98. The third kappa shape index (κ3) is 4.48. The Morgan fingerprint density at radius 2 is 2.00 bits per heavy atom. The van der Waals surface area contributed by atoms with Crippen molar-refractivity contribution in [3.63, 3.8) is 0 Å². The van der Waals surface area contributed by atoms with E-state index in [1.807, 2.05) is 18.2 Å². The molecular weight excluding hydrogens is 440 g/mol.